The molecule has 0 saturated carbocycles. The molecule has 6 heteroatoms. The van der Waals surface area contributed by atoms with Gasteiger partial charge in [-0.15, -0.1) is 0 Å². The third kappa shape index (κ3) is 3.98. The number of alkyl halides is 2. The molecule has 82 valence electrons. The number of anilines is 1. The topological polar surface area (TPSA) is 41.1 Å². The van der Waals surface area contributed by atoms with Crippen LogP contribution in [-0.4, -0.2) is 18.9 Å². The molecule has 1 rings (SSSR count). The molecule has 0 radical (unpaired) electrons. The first-order chi connectivity index (χ1) is 7.13. The summed E-state index contributed by atoms with van der Waals surface area (Å²) in [6.07, 6.45) is -2.53. The smallest absolute Gasteiger partial charge is 0.255 e. The predicted octanol–water partition coefficient (Wildman–Crippen LogP) is 2.44. The molecule has 0 aliphatic carbocycles. The number of carbonyl (C=O) groups excluding carboxylic acids is 1. The second-order valence-electron chi connectivity index (χ2n) is 2.78. The summed E-state index contributed by atoms with van der Waals surface area (Å²) in [5.41, 5.74) is 1.11. The van der Waals surface area contributed by atoms with Crippen molar-refractivity contribution in [2.75, 3.05) is 10.1 Å². The van der Waals surface area contributed by atoms with Gasteiger partial charge in [0.15, 0.2) is 0 Å². The Morgan fingerprint density at radius 3 is 2.80 bits per heavy atom. The van der Waals surface area contributed by atoms with Crippen molar-refractivity contribution in [1.29, 1.82) is 0 Å². The number of halogens is 3. The highest BCUT2D eigenvalue weighted by molar-refractivity contribution is 14.1. The van der Waals surface area contributed by atoms with Crippen molar-refractivity contribution in [3.05, 3.63) is 29.8 Å². The molecule has 0 unspecified atom stereocenters. The van der Waals surface area contributed by atoms with Crippen LogP contribution in [0.5, 0.6) is 0 Å². The molecule has 1 aromatic carbocycles. The summed E-state index contributed by atoms with van der Waals surface area (Å²) in [5.74, 6) is -0.496. The molecular weight excluding hydrogens is 317 g/mol. The minimum atomic E-state index is -2.53. The summed E-state index contributed by atoms with van der Waals surface area (Å²) in [6, 6.07) is 6.61. The van der Waals surface area contributed by atoms with Gasteiger partial charge < -0.3 is 8.85 Å². The van der Waals surface area contributed by atoms with E-state index in [2.05, 4.69) is 8.85 Å². The second-order valence-corrected chi connectivity index (χ2v) is 3.32. The summed E-state index contributed by atoms with van der Waals surface area (Å²) in [4.78, 5) is 11.3. The largest absolute Gasteiger partial charge is 0.346 e. The Labute approximate surface area is 99.7 Å². The van der Waals surface area contributed by atoms with Crippen molar-refractivity contribution in [3.8, 4) is 0 Å². The third-order valence-electron chi connectivity index (χ3n) is 1.65. The standard InChI is InChI=1S/C9H9F2IN2O/c10-8(11)5-13-9(15)6-2-1-3-7(4-6)14-12/h1-4,8,14H,5H2,(H,13,15). The number of carbonyl (C=O) groups is 1. The number of hydrogen-bond donors (Lipinski definition) is 2. The van der Waals surface area contributed by atoms with Crippen LogP contribution >= 0.6 is 22.9 Å². The second kappa shape index (κ2) is 5.84. The van der Waals surface area contributed by atoms with E-state index in [4.69, 9.17) is 0 Å². The average molecular weight is 326 g/mol. The fourth-order valence-corrected chi connectivity index (χ4v) is 1.33. The molecule has 0 aromatic heterocycles. The van der Waals surface area contributed by atoms with Gasteiger partial charge in [-0.25, -0.2) is 8.78 Å². The number of rotatable bonds is 4. The maximum atomic E-state index is 11.8. The van der Waals surface area contributed by atoms with Crippen LogP contribution in [0.2, 0.25) is 0 Å². The lowest BCUT2D eigenvalue weighted by Gasteiger charge is -2.05. The van der Waals surface area contributed by atoms with E-state index in [1.807, 2.05) is 22.9 Å². The van der Waals surface area contributed by atoms with E-state index >= 15 is 0 Å². The molecule has 0 heterocycles. The highest BCUT2D eigenvalue weighted by Crippen LogP contribution is 2.12. The van der Waals surface area contributed by atoms with Gasteiger partial charge in [-0.3, -0.25) is 4.79 Å². The summed E-state index contributed by atoms with van der Waals surface area (Å²) >= 11 is 1.92. The summed E-state index contributed by atoms with van der Waals surface area (Å²) in [6.45, 7) is -0.624. The normalized spacial score (nSPS) is 10.1. The molecule has 0 spiro atoms. The Bertz CT molecular complexity index is 347. The zero-order valence-electron chi connectivity index (χ0n) is 7.64. The molecule has 0 aliphatic heterocycles. The Balaban J connectivity index is 2.65. The van der Waals surface area contributed by atoms with Gasteiger partial charge in [0.2, 0.25) is 0 Å². The fraction of sp³-hybridized carbons (Fsp3) is 0.222. The van der Waals surface area contributed by atoms with Crippen LogP contribution in [0.15, 0.2) is 24.3 Å². The lowest BCUT2D eigenvalue weighted by Crippen LogP contribution is -2.28. The van der Waals surface area contributed by atoms with Gasteiger partial charge in [0, 0.05) is 11.3 Å². The van der Waals surface area contributed by atoms with E-state index < -0.39 is 18.9 Å². The Kier molecular flexibility index (Phi) is 4.73. The third-order valence-corrected chi connectivity index (χ3v) is 2.27. The van der Waals surface area contributed by atoms with Crippen LogP contribution in [0.4, 0.5) is 14.5 Å². The zero-order valence-corrected chi connectivity index (χ0v) is 9.79. The molecule has 0 saturated heterocycles. The number of amides is 1. The Morgan fingerprint density at radius 2 is 2.20 bits per heavy atom. The lowest BCUT2D eigenvalue weighted by molar-refractivity contribution is 0.0892. The minimum absolute atomic E-state index is 0.359. The van der Waals surface area contributed by atoms with Crippen molar-refractivity contribution < 1.29 is 13.6 Å². The van der Waals surface area contributed by atoms with Crippen LogP contribution in [0, 0.1) is 0 Å². The monoisotopic (exact) mass is 326 g/mol. The van der Waals surface area contributed by atoms with Crippen molar-refractivity contribution >= 4 is 34.5 Å². The van der Waals surface area contributed by atoms with Crippen LogP contribution in [0.1, 0.15) is 10.4 Å². The van der Waals surface area contributed by atoms with Crippen molar-refractivity contribution in [2.45, 2.75) is 6.43 Å². The molecule has 1 amide bonds. The SMILES string of the molecule is O=C(NCC(F)F)c1cccc(NI)c1. The first-order valence-corrected chi connectivity index (χ1v) is 5.24. The molecule has 3 nitrogen and oxygen atoms in total. The van der Waals surface area contributed by atoms with E-state index in [1.165, 1.54) is 0 Å². The zero-order chi connectivity index (χ0) is 11.3. The van der Waals surface area contributed by atoms with Gasteiger partial charge in [-0.2, -0.15) is 0 Å². The maximum absolute atomic E-state index is 11.8. The average Bonchev–Trinajstić information content (AvgIpc) is 2.26. The number of benzene rings is 1. The number of nitrogens with one attached hydrogen (secondary N) is 2. The molecule has 0 fully saturated rings. The van der Waals surface area contributed by atoms with E-state index in [9.17, 15) is 13.6 Å². The van der Waals surface area contributed by atoms with Gasteiger partial charge in [-0.05, 0) is 18.2 Å². The molecule has 0 bridgehead atoms. The van der Waals surface area contributed by atoms with E-state index in [0.29, 0.717) is 5.56 Å². The van der Waals surface area contributed by atoms with Gasteiger partial charge >= 0.3 is 0 Å². The van der Waals surface area contributed by atoms with Gasteiger partial charge in [0.1, 0.15) is 0 Å². The van der Waals surface area contributed by atoms with Crippen molar-refractivity contribution in [3.63, 3.8) is 0 Å². The Hall–Kier alpha value is -0.920. The quantitative estimate of drug-likeness (QED) is 0.659. The molecule has 0 aliphatic rings. The van der Waals surface area contributed by atoms with Crippen LogP contribution in [-0.2, 0) is 0 Å². The fourth-order valence-electron chi connectivity index (χ4n) is 0.991. The lowest BCUT2D eigenvalue weighted by atomic mass is 10.2. The first-order valence-electron chi connectivity index (χ1n) is 4.16. The van der Waals surface area contributed by atoms with Gasteiger partial charge in [-0.1, -0.05) is 6.07 Å². The molecule has 15 heavy (non-hydrogen) atoms. The highest BCUT2D eigenvalue weighted by Gasteiger charge is 2.08. The molecule has 1 aromatic rings. The summed E-state index contributed by atoms with van der Waals surface area (Å²) < 4.78 is 26.5. The Morgan fingerprint density at radius 1 is 1.47 bits per heavy atom. The number of hydrogen-bond acceptors (Lipinski definition) is 2. The van der Waals surface area contributed by atoms with E-state index in [-0.39, 0.29) is 0 Å². The van der Waals surface area contributed by atoms with Gasteiger partial charge in [0.25, 0.3) is 12.3 Å². The predicted molar refractivity (Wildman–Crippen MR) is 62.4 cm³/mol. The van der Waals surface area contributed by atoms with Crippen molar-refractivity contribution in [1.82, 2.24) is 5.32 Å². The molecule has 0 atom stereocenters. The summed E-state index contributed by atoms with van der Waals surface area (Å²) in [5, 5.41) is 2.13. The minimum Gasteiger partial charge on any atom is -0.346 e. The van der Waals surface area contributed by atoms with Crippen LogP contribution < -0.4 is 8.85 Å². The van der Waals surface area contributed by atoms with Gasteiger partial charge in [0.05, 0.1) is 29.4 Å². The van der Waals surface area contributed by atoms with E-state index in [0.717, 1.165) is 5.69 Å². The summed E-state index contributed by atoms with van der Waals surface area (Å²) in [7, 11) is 0. The highest BCUT2D eigenvalue weighted by atomic mass is 127. The van der Waals surface area contributed by atoms with Crippen molar-refractivity contribution in [2.24, 2.45) is 0 Å². The first kappa shape index (κ1) is 12.2. The maximum Gasteiger partial charge on any atom is 0.255 e. The molecular formula is C9H9F2IN2O. The van der Waals surface area contributed by atoms with E-state index in [1.54, 1.807) is 24.3 Å². The molecule has 2 N–H and O–H groups in total. The van der Waals surface area contributed by atoms with Crippen LogP contribution in [0.25, 0.3) is 0 Å². The van der Waals surface area contributed by atoms with Crippen LogP contribution in [0.3, 0.4) is 0 Å².